The Labute approximate surface area is 234 Å². The molecule has 1 atom stereocenters. The van der Waals surface area contributed by atoms with Crippen LogP contribution in [-0.4, -0.2) is 29.5 Å². The lowest BCUT2D eigenvalue weighted by Gasteiger charge is -2.33. The maximum atomic E-state index is 13.6. The number of rotatable bonds is 8. The summed E-state index contributed by atoms with van der Waals surface area (Å²) in [5.41, 5.74) is -0.901. The van der Waals surface area contributed by atoms with Crippen molar-refractivity contribution in [2.75, 3.05) is 19.6 Å². The predicted octanol–water partition coefficient (Wildman–Crippen LogP) is 8.33. The first kappa shape index (κ1) is 30.0. The number of hydrogen-bond donors (Lipinski definition) is 1. The Morgan fingerprint density at radius 2 is 1.43 bits per heavy atom. The molecule has 1 aliphatic heterocycles. The van der Waals surface area contributed by atoms with Crippen LogP contribution in [0.5, 0.6) is 0 Å². The van der Waals surface area contributed by atoms with Crippen LogP contribution in [0, 0.1) is 5.82 Å². The SMILES string of the molecule is Fc1ccc([C@H](CCN2CCC(c3ccccc3)CC2)C(=S)NCc2cc(C(F)(F)F)cc(C(F)(F)F)c2)cc1. The van der Waals surface area contributed by atoms with E-state index in [4.69, 9.17) is 12.2 Å². The number of hydrogen-bond acceptors (Lipinski definition) is 2. The zero-order valence-electron chi connectivity index (χ0n) is 21.5. The van der Waals surface area contributed by atoms with E-state index in [9.17, 15) is 30.7 Å². The summed E-state index contributed by atoms with van der Waals surface area (Å²) in [7, 11) is 0. The number of halogens is 7. The maximum absolute atomic E-state index is 13.6. The molecule has 10 heteroatoms. The van der Waals surface area contributed by atoms with Crippen molar-refractivity contribution in [2.24, 2.45) is 0 Å². The quantitative estimate of drug-likeness (QED) is 0.212. The monoisotopic (exact) mass is 582 g/mol. The van der Waals surface area contributed by atoms with E-state index in [2.05, 4.69) is 22.3 Å². The third kappa shape index (κ3) is 8.04. The summed E-state index contributed by atoms with van der Waals surface area (Å²) in [5.74, 6) is -0.328. The van der Waals surface area contributed by atoms with Crippen molar-refractivity contribution in [3.63, 3.8) is 0 Å². The highest BCUT2D eigenvalue weighted by Crippen LogP contribution is 2.36. The largest absolute Gasteiger partial charge is 0.416 e. The molecule has 0 aromatic heterocycles. The Hall–Kier alpha value is -2.98. The zero-order valence-corrected chi connectivity index (χ0v) is 22.4. The van der Waals surface area contributed by atoms with Gasteiger partial charge in [-0.2, -0.15) is 26.3 Å². The van der Waals surface area contributed by atoms with Gasteiger partial charge in [0.05, 0.1) is 16.1 Å². The number of likely N-dealkylation sites (tertiary alicyclic amines) is 1. The smallest absolute Gasteiger partial charge is 0.375 e. The molecule has 1 N–H and O–H groups in total. The van der Waals surface area contributed by atoms with Crippen LogP contribution in [-0.2, 0) is 18.9 Å². The molecule has 0 bridgehead atoms. The Morgan fingerprint density at radius 1 is 0.850 bits per heavy atom. The third-order valence-corrected chi connectivity index (χ3v) is 7.72. The van der Waals surface area contributed by atoms with Gasteiger partial charge in [-0.15, -0.1) is 0 Å². The number of thiocarbonyl (C=S) groups is 1. The van der Waals surface area contributed by atoms with E-state index in [1.807, 2.05) is 18.2 Å². The molecular weight excluding hydrogens is 553 g/mol. The minimum absolute atomic E-state index is 0.101. The number of piperidine rings is 1. The van der Waals surface area contributed by atoms with Gasteiger partial charge in [-0.25, -0.2) is 4.39 Å². The summed E-state index contributed by atoms with van der Waals surface area (Å²) in [4.78, 5) is 2.60. The van der Waals surface area contributed by atoms with Gasteiger partial charge in [0.15, 0.2) is 0 Å². The van der Waals surface area contributed by atoms with E-state index < -0.39 is 35.2 Å². The first-order valence-corrected chi connectivity index (χ1v) is 13.4. The summed E-state index contributed by atoms with van der Waals surface area (Å²) in [5, 5.41) is 2.87. The van der Waals surface area contributed by atoms with Crippen LogP contribution in [0.15, 0.2) is 72.8 Å². The summed E-state index contributed by atoms with van der Waals surface area (Å²) >= 11 is 5.58. The summed E-state index contributed by atoms with van der Waals surface area (Å²) < 4.78 is 93.2. The van der Waals surface area contributed by atoms with Gasteiger partial charge in [-0.3, -0.25) is 0 Å². The van der Waals surface area contributed by atoms with Crippen LogP contribution in [0.4, 0.5) is 30.7 Å². The van der Waals surface area contributed by atoms with Gasteiger partial charge >= 0.3 is 12.4 Å². The molecule has 0 spiro atoms. The highest BCUT2D eigenvalue weighted by Gasteiger charge is 2.37. The molecule has 1 fully saturated rings. The molecular formula is C30H29F7N2S. The molecule has 214 valence electrons. The lowest BCUT2D eigenvalue weighted by molar-refractivity contribution is -0.143. The fraction of sp³-hybridized carbons (Fsp3) is 0.367. The van der Waals surface area contributed by atoms with Crippen molar-refractivity contribution in [3.05, 3.63) is 106 Å². The normalized spacial score (nSPS) is 16.1. The minimum Gasteiger partial charge on any atom is -0.375 e. The second-order valence-electron chi connectivity index (χ2n) is 10.1. The highest BCUT2D eigenvalue weighted by molar-refractivity contribution is 7.80. The lowest BCUT2D eigenvalue weighted by atomic mass is 9.89. The summed E-state index contributed by atoms with van der Waals surface area (Å²) in [6.07, 6.45) is -7.29. The molecule has 1 heterocycles. The van der Waals surface area contributed by atoms with E-state index in [-0.39, 0.29) is 23.2 Å². The van der Waals surface area contributed by atoms with E-state index in [0.29, 0.717) is 31.0 Å². The lowest BCUT2D eigenvalue weighted by Crippen LogP contribution is -2.36. The number of benzene rings is 3. The van der Waals surface area contributed by atoms with Crippen LogP contribution < -0.4 is 5.32 Å². The number of nitrogens with zero attached hydrogens (tertiary/aromatic N) is 1. The van der Waals surface area contributed by atoms with Crippen molar-refractivity contribution >= 4 is 17.2 Å². The van der Waals surface area contributed by atoms with Crippen LogP contribution in [0.3, 0.4) is 0 Å². The van der Waals surface area contributed by atoms with E-state index in [1.165, 1.54) is 17.7 Å². The first-order chi connectivity index (χ1) is 18.9. The van der Waals surface area contributed by atoms with E-state index in [1.54, 1.807) is 12.1 Å². The van der Waals surface area contributed by atoms with Crippen LogP contribution >= 0.6 is 12.2 Å². The highest BCUT2D eigenvalue weighted by atomic mass is 32.1. The topological polar surface area (TPSA) is 15.3 Å². The van der Waals surface area contributed by atoms with Gasteiger partial charge < -0.3 is 10.2 Å². The van der Waals surface area contributed by atoms with Gasteiger partial charge in [-0.1, -0.05) is 54.7 Å². The van der Waals surface area contributed by atoms with Crippen molar-refractivity contribution in [1.82, 2.24) is 10.2 Å². The first-order valence-electron chi connectivity index (χ1n) is 13.0. The molecule has 4 rings (SSSR count). The molecule has 1 saturated heterocycles. The number of alkyl halides is 6. The van der Waals surface area contributed by atoms with Gasteiger partial charge in [0.1, 0.15) is 5.82 Å². The third-order valence-electron chi connectivity index (χ3n) is 7.30. The van der Waals surface area contributed by atoms with E-state index in [0.717, 1.165) is 31.5 Å². The van der Waals surface area contributed by atoms with Crippen LogP contribution in [0.1, 0.15) is 58.9 Å². The maximum Gasteiger partial charge on any atom is 0.416 e. The summed E-state index contributed by atoms with van der Waals surface area (Å²) in [6, 6.07) is 17.6. The molecule has 0 unspecified atom stereocenters. The second-order valence-corrected chi connectivity index (χ2v) is 10.5. The van der Waals surface area contributed by atoms with E-state index >= 15 is 0 Å². The molecule has 1 aliphatic rings. The van der Waals surface area contributed by atoms with Crippen molar-refractivity contribution in [1.29, 1.82) is 0 Å². The van der Waals surface area contributed by atoms with Crippen molar-refractivity contribution in [3.8, 4) is 0 Å². The van der Waals surface area contributed by atoms with Crippen molar-refractivity contribution in [2.45, 2.75) is 50.0 Å². The number of nitrogens with one attached hydrogen (secondary N) is 1. The Bertz CT molecular complexity index is 1230. The average Bonchev–Trinajstić information content (AvgIpc) is 2.92. The standard InChI is InChI=1S/C30H29F7N2S/c31-26-8-6-23(7-9-26)27(12-15-39-13-10-22(11-14-39)21-4-2-1-3-5-21)28(40)38-19-20-16-24(29(32,33)34)18-25(17-20)30(35,36)37/h1-9,16-18,22,27H,10-15,19H2,(H,38,40)/t27-/m0/s1. The summed E-state index contributed by atoms with van der Waals surface area (Å²) in [6.45, 7) is 2.15. The molecule has 0 aliphatic carbocycles. The van der Waals surface area contributed by atoms with Gasteiger partial charge in [-0.05, 0) is 91.8 Å². The molecule has 0 saturated carbocycles. The van der Waals surface area contributed by atoms with Gasteiger partial charge in [0.25, 0.3) is 0 Å². The average molecular weight is 583 g/mol. The Kier molecular flexibility index (Phi) is 9.51. The molecule has 3 aromatic carbocycles. The second kappa shape index (κ2) is 12.7. The van der Waals surface area contributed by atoms with Crippen molar-refractivity contribution < 1.29 is 30.7 Å². The molecule has 2 nitrogen and oxygen atoms in total. The molecule has 40 heavy (non-hydrogen) atoms. The molecule has 0 amide bonds. The molecule has 0 radical (unpaired) electrons. The van der Waals surface area contributed by atoms with Gasteiger partial charge in [0, 0.05) is 12.5 Å². The van der Waals surface area contributed by atoms with Gasteiger partial charge in [0.2, 0.25) is 0 Å². The Morgan fingerprint density at radius 3 is 1.98 bits per heavy atom. The Balaban J connectivity index is 1.44. The predicted molar refractivity (Wildman–Crippen MR) is 144 cm³/mol. The minimum atomic E-state index is -4.93. The van der Waals surface area contributed by atoms with Crippen LogP contribution in [0.25, 0.3) is 0 Å². The fourth-order valence-electron chi connectivity index (χ4n) is 5.10. The molecule has 3 aromatic rings. The zero-order chi connectivity index (χ0) is 28.9. The fourth-order valence-corrected chi connectivity index (χ4v) is 5.43. The van der Waals surface area contributed by atoms with Crippen LogP contribution in [0.2, 0.25) is 0 Å².